The van der Waals surface area contributed by atoms with E-state index < -0.39 is 66.0 Å². The summed E-state index contributed by atoms with van der Waals surface area (Å²) in [5.41, 5.74) is 5.18. The summed E-state index contributed by atoms with van der Waals surface area (Å²) in [6.07, 6.45) is -5.31. The van der Waals surface area contributed by atoms with E-state index in [9.17, 15) is 31.5 Å². The minimum atomic E-state index is -4.39. The smallest absolute Gasteiger partial charge is 0.389 e. The van der Waals surface area contributed by atoms with Crippen molar-refractivity contribution in [2.45, 2.75) is 50.7 Å². The summed E-state index contributed by atoms with van der Waals surface area (Å²) in [5.74, 6) is -4.45. The Morgan fingerprint density at radius 1 is 1.37 bits per heavy atom. The van der Waals surface area contributed by atoms with Crippen LogP contribution < -0.4 is 16.0 Å². The predicted molar refractivity (Wildman–Crippen MR) is 119 cm³/mol. The third-order valence-corrected chi connectivity index (χ3v) is 5.28. The molecule has 4 N–H and O–H groups in total. The Labute approximate surface area is 198 Å². The lowest BCUT2D eigenvalue weighted by molar-refractivity contribution is -0.133. The number of carbonyl (C=O) groups excluding carboxylic acids is 2. The Bertz CT molecular complexity index is 983. The number of aliphatic imine (C=N–C) groups is 1. The predicted octanol–water partition coefficient (Wildman–Crippen LogP) is 3.52. The van der Waals surface area contributed by atoms with Gasteiger partial charge in [-0.25, -0.2) is 13.8 Å². The van der Waals surface area contributed by atoms with Crippen molar-refractivity contribution < 1.29 is 36.3 Å². The SMILES string of the molecule is C=C(CCC(F)(F)F)C(=N)OC(N)=NC1CN(c2cc(F)c(C(CCC)C(=O)NC=O)c(F)c2)C1. The fourth-order valence-corrected chi connectivity index (χ4v) is 3.48. The van der Waals surface area contributed by atoms with Crippen molar-refractivity contribution in [3.05, 3.63) is 41.5 Å². The van der Waals surface area contributed by atoms with Crippen molar-refractivity contribution in [3.63, 3.8) is 0 Å². The summed E-state index contributed by atoms with van der Waals surface area (Å²) in [6, 6.07) is 1.28. The standard InChI is InChI=1S/C22H26F5N5O3/c1-3-4-15(20(34)30-11-33)18-16(23)7-14(8-17(18)24)32-9-13(10-32)31-21(29)35-19(28)12(2)5-6-22(25,26)27/h7-8,11,13,15,28H,2-6,9-10H2,1H3,(H2,29,31)(H,30,33,34). The average Bonchev–Trinajstić information content (AvgIpc) is 2.72. The van der Waals surface area contributed by atoms with Gasteiger partial charge in [0.15, 0.2) is 0 Å². The lowest BCUT2D eigenvalue weighted by atomic mass is 9.92. The van der Waals surface area contributed by atoms with Crippen LogP contribution in [0.15, 0.2) is 29.3 Å². The maximum atomic E-state index is 14.8. The number of hydrogen-bond acceptors (Lipinski definition) is 6. The van der Waals surface area contributed by atoms with Gasteiger partial charge in [0.2, 0.25) is 18.2 Å². The molecule has 1 unspecified atom stereocenters. The number of ether oxygens (including phenoxy) is 1. The summed E-state index contributed by atoms with van der Waals surface area (Å²) >= 11 is 0. The molecule has 2 amide bonds. The van der Waals surface area contributed by atoms with Crippen LogP contribution in [0.3, 0.4) is 0 Å². The molecule has 1 atom stereocenters. The normalized spacial score (nSPS) is 15.3. The molecule has 1 aromatic rings. The van der Waals surface area contributed by atoms with E-state index in [4.69, 9.17) is 15.9 Å². The molecule has 1 aliphatic rings. The van der Waals surface area contributed by atoms with Crippen LogP contribution in [0.2, 0.25) is 0 Å². The van der Waals surface area contributed by atoms with Crippen molar-refractivity contribution in [2.75, 3.05) is 18.0 Å². The molecule has 8 nitrogen and oxygen atoms in total. The van der Waals surface area contributed by atoms with Crippen LogP contribution in [0.5, 0.6) is 0 Å². The summed E-state index contributed by atoms with van der Waals surface area (Å²) in [4.78, 5) is 28.2. The van der Waals surface area contributed by atoms with Crippen LogP contribution in [0.25, 0.3) is 0 Å². The molecule has 1 heterocycles. The van der Waals surface area contributed by atoms with Gasteiger partial charge in [0.05, 0.1) is 12.0 Å². The summed E-state index contributed by atoms with van der Waals surface area (Å²) in [7, 11) is 0. The molecular weight excluding hydrogens is 477 g/mol. The molecule has 0 aromatic heterocycles. The Balaban J connectivity index is 2.00. The zero-order chi connectivity index (χ0) is 26.3. The maximum absolute atomic E-state index is 14.8. The second kappa shape index (κ2) is 11.8. The summed E-state index contributed by atoms with van der Waals surface area (Å²) in [5, 5.41) is 9.55. The number of nitrogens with zero attached hydrogens (tertiary/aromatic N) is 2. The number of alkyl halides is 3. The molecule has 2 rings (SSSR count). The van der Waals surface area contributed by atoms with Crippen molar-refractivity contribution in [2.24, 2.45) is 10.7 Å². The van der Waals surface area contributed by atoms with Gasteiger partial charge < -0.3 is 15.4 Å². The van der Waals surface area contributed by atoms with Crippen molar-refractivity contribution in [1.82, 2.24) is 5.32 Å². The number of amides is 2. The van der Waals surface area contributed by atoms with Gasteiger partial charge >= 0.3 is 6.18 Å². The fourth-order valence-electron chi connectivity index (χ4n) is 3.48. The molecule has 0 aliphatic carbocycles. The van der Waals surface area contributed by atoms with E-state index in [1.54, 1.807) is 11.8 Å². The molecule has 1 saturated heterocycles. The molecule has 0 saturated carbocycles. The third kappa shape index (κ3) is 7.76. The molecule has 13 heteroatoms. The Hall–Kier alpha value is -3.51. The van der Waals surface area contributed by atoms with Crippen molar-refractivity contribution >= 4 is 29.9 Å². The maximum Gasteiger partial charge on any atom is 0.389 e. The van der Waals surface area contributed by atoms with Gasteiger partial charge in [-0.1, -0.05) is 19.9 Å². The number of carbonyl (C=O) groups is 2. The lowest BCUT2D eigenvalue weighted by Crippen LogP contribution is -2.51. The van der Waals surface area contributed by atoms with Gasteiger partial charge in [0.1, 0.15) is 11.6 Å². The number of nitrogens with two attached hydrogens (primary N) is 1. The van der Waals surface area contributed by atoms with E-state index in [1.165, 1.54) is 0 Å². The van der Waals surface area contributed by atoms with Crippen LogP contribution in [0.4, 0.5) is 27.6 Å². The highest BCUT2D eigenvalue weighted by atomic mass is 19.4. The second-order valence-corrected chi connectivity index (χ2v) is 7.97. The van der Waals surface area contributed by atoms with Crippen LogP contribution in [0.1, 0.15) is 44.1 Å². The minimum Gasteiger partial charge on any atom is -0.408 e. The number of rotatable bonds is 10. The van der Waals surface area contributed by atoms with E-state index in [0.29, 0.717) is 6.42 Å². The number of benzene rings is 1. The number of amidine groups is 1. The first-order valence-electron chi connectivity index (χ1n) is 10.7. The van der Waals surface area contributed by atoms with Crippen LogP contribution >= 0.6 is 0 Å². The molecule has 1 aliphatic heterocycles. The summed E-state index contributed by atoms with van der Waals surface area (Å²) < 4.78 is 71.3. The quantitative estimate of drug-likeness (QED) is 0.195. The molecule has 0 radical (unpaired) electrons. The Kier molecular flexibility index (Phi) is 9.32. The van der Waals surface area contributed by atoms with E-state index in [-0.39, 0.29) is 37.2 Å². The highest BCUT2D eigenvalue weighted by Gasteiger charge is 2.32. The number of nitrogens with one attached hydrogen (secondary N) is 2. The first-order chi connectivity index (χ1) is 16.4. The van der Waals surface area contributed by atoms with Gasteiger partial charge in [-0.2, -0.15) is 13.2 Å². The summed E-state index contributed by atoms with van der Waals surface area (Å²) in [6.45, 7) is 5.51. The Morgan fingerprint density at radius 2 is 1.97 bits per heavy atom. The number of imide groups is 1. The third-order valence-electron chi connectivity index (χ3n) is 5.28. The fraction of sp³-hybridized carbons (Fsp3) is 0.455. The van der Waals surface area contributed by atoms with Crippen molar-refractivity contribution in [1.29, 1.82) is 5.41 Å². The van der Waals surface area contributed by atoms with Gasteiger partial charge in [0.25, 0.3) is 6.02 Å². The minimum absolute atomic E-state index is 0.143. The van der Waals surface area contributed by atoms with Crippen molar-refractivity contribution in [3.8, 4) is 0 Å². The largest absolute Gasteiger partial charge is 0.408 e. The van der Waals surface area contributed by atoms with Crippen LogP contribution in [0, 0.1) is 17.0 Å². The van der Waals surface area contributed by atoms with Gasteiger partial charge in [0, 0.05) is 36.3 Å². The van der Waals surface area contributed by atoms with Crippen LogP contribution in [-0.2, 0) is 14.3 Å². The second-order valence-electron chi connectivity index (χ2n) is 7.97. The van der Waals surface area contributed by atoms with Gasteiger partial charge in [-0.05, 0) is 25.0 Å². The number of anilines is 1. The lowest BCUT2D eigenvalue weighted by Gasteiger charge is -2.39. The van der Waals surface area contributed by atoms with E-state index in [0.717, 1.165) is 12.1 Å². The molecule has 0 spiro atoms. The number of halogens is 5. The topological polar surface area (TPSA) is 121 Å². The molecule has 192 valence electrons. The molecule has 35 heavy (non-hydrogen) atoms. The number of hydrogen-bond donors (Lipinski definition) is 3. The highest BCUT2D eigenvalue weighted by Crippen LogP contribution is 2.32. The zero-order valence-electron chi connectivity index (χ0n) is 18.9. The first kappa shape index (κ1) is 27.7. The molecular formula is C22H26F5N5O3. The monoisotopic (exact) mass is 503 g/mol. The molecule has 0 bridgehead atoms. The highest BCUT2D eigenvalue weighted by molar-refractivity contribution is 5.98. The van der Waals surface area contributed by atoms with E-state index in [2.05, 4.69) is 11.6 Å². The first-order valence-corrected chi connectivity index (χ1v) is 10.7. The average molecular weight is 503 g/mol. The van der Waals surface area contributed by atoms with Crippen LogP contribution in [-0.4, -0.2) is 49.5 Å². The Morgan fingerprint density at radius 3 is 2.49 bits per heavy atom. The molecule has 1 aromatic carbocycles. The van der Waals surface area contributed by atoms with E-state index >= 15 is 0 Å². The van der Waals surface area contributed by atoms with E-state index in [1.807, 2.05) is 5.32 Å². The van der Waals surface area contributed by atoms with Gasteiger partial charge in [-0.3, -0.25) is 20.3 Å². The molecule has 1 fully saturated rings. The van der Waals surface area contributed by atoms with Gasteiger partial charge in [-0.15, -0.1) is 0 Å². The zero-order valence-corrected chi connectivity index (χ0v) is 18.9.